The fraction of sp³-hybridized carbons (Fsp3) is 1.00. The zero-order valence-electron chi connectivity index (χ0n) is 8.89. The third-order valence-electron chi connectivity index (χ3n) is 2.00. The smallest absolute Gasteiger partial charge is 0.000968 e. The SMILES string of the molecule is CC(C)SCCCC(C)(C)CN. The van der Waals surface area contributed by atoms with E-state index >= 15 is 0 Å². The minimum atomic E-state index is 0.345. The Balaban J connectivity index is 3.31. The van der Waals surface area contributed by atoms with Crippen LogP contribution in [0.25, 0.3) is 0 Å². The Hall–Kier alpha value is 0.310. The van der Waals surface area contributed by atoms with Gasteiger partial charge >= 0.3 is 0 Å². The van der Waals surface area contributed by atoms with Gasteiger partial charge in [-0.1, -0.05) is 27.7 Å². The molecule has 0 aromatic rings. The molecule has 0 unspecified atom stereocenters. The highest BCUT2D eigenvalue weighted by Crippen LogP contribution is 2.22. The van der Waals surface area contributed by atoms with Crippen molar-refractivity contribution in [2.75, 3.05) is 12.3 Å². The zero-order valence-corrected chi connectivity index (χ0v) is 9.71. The van der Waals surface area contributed by atoms with Crippen LogP contribution in [0.3, 0.4) is 0 Å². The summed E-state index contributed by atoms with van der Waals surface area (Å²) >= 11 is 2.04. The minimum Gasteiger partial charge on any atom is -0.330 e. The predicted molar refractivity (Wildman–Crippen MR) is 59.7 cm³/mol. The number of nitrogens with two attached hydrogens (primary N) is 1. The lowest BCUT2D eigenvalue weighted by Crippen LogP contribution is -2.23. The quantitative estimate of drug-likeness (QED) is 0.650. The Bertz CT molecular complexity index is 110. The largest absolute Gasteiger partial charge is 0.330 e. The number of thioether (sulfide) groups is 1. The van der Waals surface area contributed by atoms with E-state index < -0.39 is 0 Å². The van der Waals surface area contributed by atoms with E-state index in [9.17, 15) is 0 Å². The van der Waals surface area contributed by atoms with Crippen molar-refractivity contribution in [3.05, 3.63) is 0 Å². The lowest BCUT2D eigenvalue weighted by atomic mass is 9.88. The van der Waals surface area contributed by atoms with Crippen molar-refractivity contribution in [1.82, 2.24) is 0 Å². The first-order chi connectivity index (χ1) is 5.48. The molecule has 0 fully saturated rings. The van der Waals surface area contributed by atoms with Gasteiger partial charge in [-0.15, -0.1) is 0 Å². The summed E-state index contributed by atoms with van der Waals surface area (Å²) in [5.41, 5.74) is 5.99. The summed E-state index contributed by atoms with van der Waals surface area (Å²) in [5, 5.41) is 0.769. The fourth-order valence-electron chi connectivity index (χ4n) is 0.972. The van der Waals surface area contributed by atoms with Gasteiger partial charge in [0.2, 0.25) is 0 Å². The summed E-state index contributed by atoms with van der Waals surface area (Å²) in [6.45, 7) is 9.79. The molecule has 0 aliphatic rings. The van der Waals surface area contributed by atoms with E-state index in [-0.39, 0.29) is 0 Å². The van der Waals surface area contributed by atoms with Crippen LogP contribution in [0.1, 0.15) is 40.5 Å². The van der Waals surface area contributed by atoms with Crippen LogP contribution < -0.4 is 5.73 Å². The molecule has 0 aromatic heterocycles. The summed E-state index contributed by atoms with van der Waals surface area (Å²) in [6, 6.07) is 0. The van der Waals surface area contributed by atoms with Crippen LogP contribution in [0.4, 0.5) is 0 Å². The van der Waals surface area contributed by atoms with Crippen molar-refractivity contribution >= 4 is 11.8 Å². The van der Waals surface area contributed by atoms with Crippen molar-refractivity contribution in [3.63, 3.8) is 0 Å². The summed E-state index contributed by atoms with van der Waals surface area (Å²) < 4.78 is 0. The molecule has 0 aliphatic heterocycles. The first-order valence-corrected chi connectivity index (χ1v) is 5.84. The molecule has 74 valence electrons. The van der Waals surface area contributed by atoms with E-state index in [2.05, 4.69) is 27.7 Å². The van der Waals surface area contributed by atoms with Crippen molar-refractivity contribution in [1.29, 1.82) is 0 Å². The first-order valence-electron chi connectivity index (χ1n) is 4.79. The maximum absolute atomic E-state index is 5.64. The molecular weight excluding hydrogens is 166 g/mol. The normalized spacial score (nSPS) is 12.5. The molecule has 0 radical (unpaired) electrons. The molecule has 0 heterocycles. The monoisotopic (exact) mass is 189 g/mol. The van der Waals surface area contributed by atoms with Gasteiger partial charge in [0.15, 0.2) is 0 Å². The number of rotatable bonds is 6. The molecule has 0 saturated heterocycles. The zero-order chi connectivity index (χ0) is 9.61. The Morgan fingerprint density at radius 3 is 2.33 bits per heavy atom. The molecule has 0 rings (SSSR count). The van der Waals surface area contributed by atoms with Gasteiger partial charge in [-0.25, -0.2) is 0 Å². The van der Waals surface area contributed by atoms with Gasteiger partial charge in [-0.3, -0.25) is 0 Å². The Kier molecular flexibility index (Phi) is 6.02. The van der Waals surface area contributed by atoms with E-state index in [4.69, 9.17) is 5.73 Å². The summed E-state index contributed by atoms with van der Waals surface area (Å²) in [4.78, 5) is 0. The number of hydrogen-bond acceptors (Lipinski definition) is 2. The molecule has 0 aliphatic carbocycles. The van der Waals surface area contributed by atoms with Gasteiger partial charge in [0.25, 0.3) is 0 Å². The molecule has 2 N–H and O–H groups in total. The highest BCUT2D eigenvalue weighted by molar-refractivity contribution is 7.99. The van der Waals surface area contributed by atoms with E-state index in [1.165, 1.54) is 18.6 Å². The van der Waals surface area contributed by atoms with E-state index in [1.807, 2.05) is 11.8 Å². The van der Waals surface area contributed by atoms with E-state index in [0.717, 1.165) is 11.8 Å². The average molecular weight is 189 g/mol. The highest BCUT2D eigenvalue weighted by Gasteiger charge is 2.14. The average Bonchev–Trinajstić information content (AvgIpc) is 1.98. The highest BCUT2D eigenvalue weighted by atomic mass is 32.2. The van der Waals surface area contributed by atoms with Crippen LogP contribution in [0.15, 0.2) is 0 Å². The van der Waals surface area contributed by atoms with Crippen LogP contribution in [0.2, 0.25) is 0 Å². The van der Waals surface area contributed by atoms with Crippen molar-refractivity contribution in [3.8, 4) is 0 Å². The van der Waals surface area contributed by atoms with Gasteiger partial charge in [0.05, 0.1) is 0 Å². The first kappa shape index (κ1) is 12.3. The second-order valence-electron chi connectivity index (χ2n) is 4.39. The molecule has 0 bridgehead atoms. The van der Waals surface area contributed by atoms with Crippen LogP contribution in [0.5, 0.6) is 0 Å². The maximum Gasteiger partial charge on any atom is -0.000968 e. The third kappa shape index (κ3) is 6.99. The second kappa shape index (κ2) is 5.87. The van der Waals surface area contributed by atoms with Gasteiger partial charge < -0.3 is 5.73 Å². The molecule has 0 spiro atoms. The van der Waals surface area contributed by atoms with Crippen LogP contribution in [0, 0.1) is 5.41 Å². The molecule has 0 saturated carbocycles. The van der Waals surface area contributed by atoms with Crippen LogP contribution >= 0.6 is 11.8 Å². The summed E-state index contributed by atoms with van der Waals surface area (Å²) in [6.07, 6.45) is 2.55. The molecule has 0 amide bonds. The Morgan fingerprint density at radius 2 is 1.92 bits per heavy atom. The van der Waals surface area contributed by atoms with Crippen molar-refractivity contribution in [2.45, 2.75) is 45.8 Å². The molecular formula is C10H23NS. The number of hydrogen-bond donors (Lipinski definition) is 1. The lowest BCUT2D eigenvalue weighted by molar-refractivity contribution is 0.345. The molecule has 0 aromatic carbocycles. The fourth-order valence-corrected chi connectivity index (χ4v) is 1.75. The standard InChI is InChI=1S/C10H23NS/c1-9(2)12-7-5-6-10(3,4)8-11/h9H,5-8,11H2,1-4H3. The molecule has 1 nitrogen and oxygen atoms in total. The van der Waals surface area contributed by atoms with Gasteiger partial charge in [0.1, 0.15) is 0 Å². The predicted octanol–water partition coefficient (Wildman–Crippen LogP) is 2.89. The van der Waals surface area contributed by atoms with Gasteiger partial charge in [-0.2, -0.15) is 11.8 Å². The Labute approximate surface area is 81.5 Å². The molecule has 2 heteroatoms. The van der Waals surface area contributed by atoms with E-state index in [1.54, 1.807) is 0 Å². The Morgan fingerprint density at radius 1 is 1.33 bits per heavy atom. The maximum atomic E-state index is 5.64. The topological polar surface area (TPSA) is 26.0 Å². The van der Waals surface area contributed by atoms with E-state index in [0.29, 0.717) is 5.41 Å². The molecule has 12 heavy (non-hydrogen) atoms. The lowest BCUT2D eigenvalue weighted by Gasteiger charge is -2.21. The minimum absolute atomic E-state index is 0.345. The van der Waals surface area contributed by atoms with Crippen molar-refractivity contribution in [2.24, 2.45) is 11.1 Å². The molecule has 0 atom stereocenters. The summed E-state index contributed by atoms with van der Waals surface area (Å²) in [5.74, 6) is 1.28. The van der Waals surface area contributed by atoms with Crippen molar-refractivity contribution < 1.29 is 0 Å². The summed E-state index contributed by atoms with van der Waals surface area (Å²) in [7, 11) is 0. The van der Waals surface area contributed by atoms with Crippen LogP contribution in [-0.2, 0) is 0 Å². The van der Waals surface area contributed by atoms with Gasteiger partial charge in [-0.05, 0) is 35.8 Å². The third-order valence-corrected chi connectivity index (χ3v) is 3.19. The van der Waals surface area contributed by atoms with Gasteiger partial charge in [0, 0.05) is 0 Å². The van der Waals surface area contributed by atoms with Crippen LogP contribution in [-0.4, -0.2) is 17.5 Å². The second-order valence-corrected chi connectivity index (χ2v) is 6.08.